The van der Waals surface area contributed by atoms with E-state index in [9.17, 15) is 30.0 Å². The highest BCUT2D eigenvalue weighted by Gasteiger charge is 2.44. The van der Waals surface area contributed by atoms with Gasteiger partial charge in [-0.05, 0) is 12.8 Å². The topological polar surface area (TPSA) is 152 Å². The third-order valence-corrected chi connectivity index (χ3v) is 14.0. The van der Waals surface area contributed by atoms with Gasteiger partial charge in [0.05, 0.1) is 13.2 Å². The maximum absolute atomic E-state index is 12.9. The lowest BCUT2D eigenvalue weighted by molar-refractivity contribution is -0.305. The molecule has 0 aromatic rings. The third-order valence-electron chi connectivity index (χ3n) is 14.0. The number of aliphatic hydroxyl groups is 4. The maximum Gasteiger partial charge on any atom is 0.306 e. The minimum atomic E-state index is -1.59. The number of aliphatic hydroxyl groups excluding tert-OH is 4. The van der Waals surface area contributed by atoms with Crippen molar-refractivity contribution in [3.8, 4) is 0 Å². The molecule has 10 nitrogen and oxygen atoms in total. The molecule has 1 aliphatic heterocycles. The zero-order valence-corrected chi connectivity index (χ0v) is 43.9. The Bertz CT molecular complexity index is 1060. The molecule has 10 heteroatoms. The van der Waals surface area contributed by atoms with Crippen molar-refractivity contribution in [1.29, 1.82) is 0 Å². The first-order valence-electron chi connectivity index (χ1n) is 29.1. The molecule has 0 aromatic carbocycles. The van der Waals surface area contributed by atoms with Crippen molar-refractivity contribution in [3.05, 3.63) is 0 Å². The van der Waals surface area contributed by atoms with Crippen LogP contribution < -0.4 is 0 Å². The van der Waals surface area contributed by atoms with Crippen LogP contribution in [0.4, 0.5) is 0 Å². The molecule has 0 bridgehead atoms. The summed E-state index contributed by atoms with van der Waals surface area (Å²) >= 11 is 0. The molecule has 1 heterocycles. The third kappa shape index (κ3) is 39.1. The van der Waals surface area contributed by atoms with Gasteiger partial charge in [0, 0.05) is 12.8 Å². The zero-order chi connectivity index (χ0) is 48.7. The summed E-state index contributed by atoms with van der Waals surface area (Å²) in [6.45, 7) is 3.50. The standard InChI is InChI=1S/C57H110O10/c1-3-5-7-9-11-13-15-17-19-21-23-24-25-26-27-28-30-32-34-36-38-40-42-44-46-53(60)66-50(49-65-57-56(63)55(62)54(61)51(47-58)67-57)48-64-52(59)45-43-41-39-37-35-33-31-29-22-20-18-16-14-12-10-8-6-4-2/h50-51,54-58,61-63H,3-49H2,1-2H3. The van der Waals surface area contributed by atoms with Gasteiger partial charge in [0.1, 0.15) is 31.0 Å². The van der Waals surface area contributed by atoms with Crippen molar-refractivity contribution in [2.75, 3.05) is 19.8 Å². The van der Waals surface area contributed by atoms with E-state index < -0.39 is 49.4 Å². The number of hydrogen-bond acceptors (Lipinski definition) is 10. The van der Waals surface area contributed by atoms with Gasteiger partial charge in [0.25, 0.3) is 0 Å². The van der Waals surface area contributed by atoms with Gasteiger partial charge < -0.3 is 39.4 Å². The van der Waals surface area contributed by atoms with E-state index in [1.807, 2.05) is 0 Å². The molecule has 398 valence electrons. The Morgan fingerprint density at radius 2 is 0.701 bits per heavy atom. The summed E-state index contributed by atoms with van der Waals surface area (Å²) in [5.41, 5.74) is 0. The Labute approximate surface area is 412 Å². The summed E-state index contributed by atoms with van der Waals surface area (Å²) < 4.78 is 22.3. The molecule has 67 heavy (non-hydrogen) atoms. The smallest absolute Gasteiger partial charge is 0.306 e. The van der Waals surface area contributed by atoms with Crippen molar-refractivity contribution in [2.45, 2.75) is 333 Å². The van der Waals surface area contributed by atoms with Gasteiger partial charge in [0.15, 0.2) is 12.4 Å². The number of unbranched alkanes of at least 4 members (excludes halogenated alkanes) is 40. The van der Waals surface area contributed by atoms with E-state index >= 15 is 0 Å². The number of hydrogen-bond donors (Lipinski definition) is 4. The number of esters is 2. The number of ether oxygens (including phenoxy) is 4. The lowest BCUT2D eigenvalue weighted by atomic mass is 9.99. The molecule has 0 aliphatic carbocycles. The van der Waals surface area contributed by atoms with E-state index in [2.05, 4.69) is 13.8 Å². The molecule has 6 atom stereocenters. The minimum Gasteiger partial charge on any atom is -0.462 e. The molecule has 1 aliphatic rings. The van der Waals surface area contributed by atoms with Crippen molar-refractivity contribution in [2.24, 2.45) is 0 Å². The van der Waals surface area contributed by atoms with Crippen LogP contribution >= 0.6 is 0 Å². The lowest BCUT2D eigenvalue weighted by Gasteiger charge is -2.39. The highest BCUT2D eigenvalue weighted by atomic mass is 16.7. The van der Waals surface area contributed by atoms with Crippen LogP contribution in [-0.2, 0) is 28.5 Å². The quantitative estimate of drug-likeness (QED) is 0.0342. The largest absolute Gasteiger partial charge is 0.462 e. The number of carbonyl (C=O) groups is 2. The highest BCUT2D eigenvalue weighted by molar-refractivity contribution is 5.70. The first-order chi connectivity index (χ1) is 32.8. The summed E-state index contributed by atoms with van der Waals surface area (Å²) in [4.78, 5) is 25.5. The van der Waals surface area contributed by atoms with Gasteiger partial charge in [-0.2, -0.15) is 0 Å². The molecule has 0 saturated carbocycles. The fourth-order valence-electron chi connectivity index (χ4n) is 9.43. The highest BCUT2D eigenvalue weighted by Crippen LogP contribution is 2.23. The number of carbonyl (C=O) groups excluding carboxylic acids is 2. The van der Waals surface area contributed by atoms with Gasteiger partial charge in [0.2, 0.25) is 0 Å². The van der Waals surface area contributed by atoms with E-state index in [0.29, 0.717) is 6.42 Å². The normalized spacial score (nSPS) is 18.9. The molecule has 0 radical (unpaired) electrons. The SMILES string of the molecule is CCCCCCCCCCCCCCCCCCCCCCCCCCC(=O)OC(COC(=O)CCCCCCCCCCCCCCCCCCCC)COC1OC(CO)C(O)C(O)C1O. The molecule has 0 amide bonds. The molecule has 6 unspecified atom stereocenters. The van der Waals surface area contributed by atoms with Crippen LogP contribution in [0.15, 0.2) is 0 Å². The van der Waals surface area contributed by atoms with E-state index in [1.165, 1.54) is 231 Å². The van der Waals surface area contributed by atoms with Crippen molar-refractivity contribution < 1.29 is 49.0 Å². The van der Waals surface area contributed by atoms with Crippen LogP contribution in [0.5, 0.6) is 0 Å². The second-order valence-corrected chi connectivity index (χ2v) is 20.5. The summed E-state index contributed by atoms with van der Waals surface area (Å²) in [5.74, 6) is -0.781. The van der Waals surface area contributed by atoms with Crippen molar-refractivity contribution >= 4 is 11.9 Å². The summed E-state index contributed by atoms with van der Waals surface area (Å²) in [6, 6.07) is 0. The van der Waals surface area contributed by atoms with Gasteiger partial charge in [-0.1, -0.05) is 271 Å². The van der Waals surface area contributed by atoms with Crippen LogP contribution in [0.2, 0.25) is 0 Å². The van der Waals surface area contributed by atoms with Gasteiger partial charge in [-0.25, -0.2) is 0 Å². The Morgan fingerprint density at radius 3 is 1.01 bits per heavy atom. The Hall–Kier alpha value is -1.30. The average molecular weight is 955 g/mol. The maximum atomic E-state index is 12.9. The molecular weight excluding hydrogens is 845 g/mol. The van der Waals surface area contributed by atoms with Crippen LogP contribution in [0, 0.1) is 0 Å². The Balaban J connectivity index is 2.17. The van der Waals surface area contributed by atoms with Crippen molar-refractivity contribution in [1.82, 2.24) is 0 Å². The van der Waals surface area contributed by atoms with Gasteiger partial charge in [-0.15, -0.1) is 0 Å². The van der Waals surface area contributed by atoms with Crippen LogP contribution in [0.3, 0.4) is 0 Å². The predicted molar refractivity (Wildman–Crippen MR) is 275 cm³/mol. The van der Waals surface area contributed by atoms with Crippen molar-refractivity contribution in [3.63, 3.8) is 0 Å². The molecular formula is C57H110O10. The monoisotopic (exact) mass is 955 g/mol. The zero-order valence-electron chi connectivity index (χ0n) is 43.9. The van der Waals surface area contributed by atoms with E-state index in [4.69, 9.17) is 18.9 Å². The first-order valence-corrected chi connectivity index (χ1v) is 29.1. The molecule has 1 rings (SSSR count). The van der Waals surface area contributed by atoms with Crippen LogP contribution in [0.25, 0.3) is 0 Å². The van der Waals surface area contributed by atoms with Gasteiger partial charge in [-0.3, -0.25) is 9.59 Å². The summed E-state index contributed by atoms with van der Waals surface area (Å²) in [6.07, 6.45) is 46.9. The molecule has 1 fully saturated rings. The molecule has 1 saturated heterocycles. The predicted octanol–water partition coefficient (Wildman–Crippen LogP) is 14.5. The van der Waals surface area contributed by atoms with Gasteiger partial charge >= 0.3 is 11.9 Å². The second kappa shape index (κ2) is 48.3. The molecule has 0 aromatic heterocycles. The van der Waals surface area contributed by atoms with Crippen LogP contribution in [-0.4, -0.2) is 89.0 Å². The lowest BCUT2D eigenvalue weighted by Crippen LogP contribution is -2.59. The summed E-state index contributed by atoms with van der Waals surface area (Å²) in [5, 5.41) is 40.3. The van der Waals surface area contributed by atoms with E-state index in [-0.39, 0.29) is 32.0 Å². The Kier molecular flexibility index (Phi) is 46.0. The fourth-order valence-corrected chi connectivity index (χ4v) is 9.43. The average Bonchev–Trinajstić information content (AvgIpc) is 3.33. The summed E-state index contributed by atoms with van der Waals surface area (Å²) in [7, 11) is 0. The van der Waals surface area contributed by atoms with E-state index in [1.54, 1.807) is 0 Å². The van der Waals surface area contributed by atoms with E-state index in [0.717, 1.165) is 32.1 Å². The minimum absolute atomic E-state index is 0.208. The number of rotatable bonds is 51. The second-order valence-electron chi connectivity index (χ2n) is 20.5. The van der Waals surface area contributed by atoms with Crippen LogP contribution in [0.1, 0.15) is 296 Å². The Morgan fingerprint density at radius 1 is 0.403 bits per heavy atom. The fraction of sp³-hybridized carbons (Fsp3) is 0.965. The molecule has 4 N–H and O–H groups in total. The first kappa shape index (κ1) is 63.7. The molecule has 0 spiro atoms.